The molecule has 1 aliphatic heterocycles. The van der Waals surface area contributed by atoms with Crippen LogP contribution in [0.15, 0.2) is 16.7 Å². The van der Waals surface area contributed by atoms with Crippen LogP contribution >= 0.6 is 15.9 Å². The van der Waals surface area contributed by atoms with Crippen molar-refractivity contribution in [3.63, 3.8) is 0 Å². The van der Waals surface area contributed by atoms with Crippen LogP contribution in [-0.4, -0.2) is 44.5 Å². The maximum Gasteiger partial charge on any atom is 0.273 e. The van der Waals surface area contributed by atoms with E-state index in [4.69, 9.17) is 0 Å². The van der Waals surface area contributed by atoms with E-state index in [1.54, 1.807) is 0 Å². The second-order valence-corrected chi connectivity index (χ2v) is 7.33. The van der Waals surface area contributed by atoms with Crippen molar-refractivity contribution < 1.29 is 9.90 Å². The van der Waals surface area contributed by atoms with Gasteiger partial charge in [-0.05, 0) is 66.6 Å². The molecule has 0 aliphatic carbocycles. The molecular weight excluding hydrogens is 370 g/mol. The summed E-state index contributed by atoms with van der Waals surface area (Å²) in [6.45, 7) is 4.92. The number of aliphatic hydroxyl groups excluding tert-OH is 1. The number of nitrogens with zero attached hydrogens (tertiary/aromatic N) is 3. The van der Waals surface area contributed by atoms with Gasteiger partial charge in [0.15, 0.2) is 5.65 Å². The van der Waals surface area contributed by atoms with Crippen LogP contribution in [-0.2, 0) is 6.42 Å². The Labute approximate surface area is 150 Å². The normalized spacial score (nSPS) is 18.3. The van der Waals surface area contributed by atoms with Crippen LogP contribution < -0.4 is 0 Å². The smallest absolute Gasteiger partial charge is 0.273 e. The second-order valence-electron chi connectivity index (χ2n) is 6.48. The van der Waals surface area contributed by atoms with E-state index in [1.807, 2.05) is 35.4 Å². The van der Waals surface area contributed by atoms with Crippen LogP contribution in [0.5, 0.6) is 0 Å². The average molecular weight is 394 g/mol. The Hall–Kier alpha value is -1.40. The molecule has 1 amide bonds. The van der Waals surface area contributed by atoms with Crippen LogP contribution in [0.4, 0.5) is 0 Å². The fraction of sp³-hybridized carbons (Fsp3) is 0.556. The van der Waals surface area contributed by atoms with E-state index in [-0.39, 0.29) is 18.6 Å². The molecule has 2 aromatic rings. The third-order valence-corrected chi connectivity index (χ3v) is 5.36. The topological polar surface area (TPSA) is 57.8 Å². The number of aromatic nitrogens is 2. The Kier molecular flexibility index (Phi) is 5.25. The van der Waals surface area contributed by atoms with Crippen LogP contribution in [0, 0.1) is 6.92 Å². The Bertz CT molecular complexity index is 754. The van der Waals surface area contributed by atoms with Crippen molar-refractivity contribution in [3.05, 3.63) is 33.7 Å². The number of carbonyl (C=O) groups excluding carboxylic acids is 1. The maximum absolute atomic E-state index is 13.3. The molecule has 6 heteroatoms. The molecule has 0 aromatic carbocycles. The molecular formula is C18H24BrN3O2. The van der Waals surface area contributed by atoms with E-state index in [1.165, 1.54) is 0 Å². The molecule has 3 rings (SSSR count). The summed E-state index contributed by atoms with van der Waals surface area (Å²) in [5, 5.41) is 9.33. The number of carbonyl (C=O) groups is 1. The van der Waals surface area contributed by atoms with Crippen molar-refractivity contribution in [2.45, 2.75) is 52.0 Å². The molecule has 1 atom stereocenters. The lowest BCUT2D eigenvalue weighted by atomic mass is 9.99. The molecule has 130 valence electrons. The number of hydrogen-bond acceptors (Lipinski definition) is 3. The fourth-order valence-electron chi connectivity index (χ4n) is 3.61. The lowest BCUT2D eigenvalue weighted by Gasteiger charge is -2.35. The number of likely N-dealkylation sites (tertiary alicyclic amines) is 1. The SMILES string of the molecule is CCc1nc2c(Br)cc(C)cn2c1C(=O)N1CCCCC1CCO. The first kappa shape index (κ1) is 17.4. The molecule has 3 heterocycles. The highest BCUT2D eigenvalue weighted by atomic mass is 79.9. The van der Waals surface area contributed by atoms with Gasteiger partial charge in [0.05, 0.1) is 10.2 Å². The predicted molar refractivity (Wildman–Crippen MR) is 97.4 cm³/mol. The number of fused-ring (bicyclic) bond motifs is 1. The number of piperidine rings is 1. The van der Waals surface area contributed by atoms with Gasteiger partial charge in [0.25, 0.3) is 5.91 Å². The number of pyridine rings is 1. The number of halogens is 1. The summed E-state index contributed by atoms with van der Waals surface area (Å²) in [5.41, 5.74) is 3.37. The summed E-state index contributed by atoms with van der Waals surface area (Å²) >= 11 is 3.56. The van der Waals surface area contributed by atoms with Gasteiger partial charge in [0.1, 0.15) is 5.69 Å². The van der Waals surface area contributed by atoms with E-state index >= 15 is 0 Å². The zero-order valence-electron chi connectivity index (χ0n) is 14.3. The molecule has 1 N–H and O–H groups in total. The van der Waals surface area contributed by atoms with Gasteiger partial charge in [0, 0.05) is 25.4 Å². The summed E-state index contributed by atoms with van der Waals surface area (Å²) in [6, 6.07) is 2.14. The molecule has 1 aliphatic rings. The van der Waals surface area contributed by atoms with Crippen molar-refractivity contribution in [2.75, 3.05) is 13.2 Å². The quantitative estimate of drug-likeness (QED) is 0.866. The lowest BCUT2D eigenvalue weighted by molar-refractivity contribution is 0.0566. The summed E-state index contributed by atoms with van der Waals surface area (Å²) in [7, 11) is 0. The van der Waals surface area contributed by atoms with E-state index in [0.29, 0.717) is 18.5 Å². The highest BCUT2D eigenvalue weighted by Gasteiger charge is 2.31. The summed E-state index contributed by atoms with van der Waals surface area (Å²) < 4.78 is 2.83. The number of aliphatic hydroxyl groups is 1. The first-order valence-electron chi connectivity index (χ1n) is 8.65. The zero-order chi connectivity index (χ0) is 17.3. The standard InChI is InChI=1S/C18H24BrN3O2/c1-3-15-16(22-11-12(2)10-14(19)17(22)20-15)18(24)21-8-5-4-6-13(21)7-9-23/h10-11,13,23H,3-9H2,1-2H3. The van der Waals surface area contributed by atoms with Gasteiger partial charge in [-0.1, -0.05) is 6.92 Å². The number of amides is 1. The molecule has 1 fully saturated rings. The van der Waals surface area contributed by atoms with Gasteiger partial charge in [-0.3, -0.25) is 9.20 Å². The molecule has 24 heavy (non-hydrogen) atoms. The van der Waals surface area contributed by atoms with Crippen molar-refractivity contribution in [1.29, 1.82) is 0 Å². The van der Waals surface area contributed by atoms with Crippen LogP contribution in [0.1, 0.15) is 54.4 Å². The highest BCUT2D eigenvalue weighted by Crippen LogP contribution is 2.27. The number of hydrogen-bond donors (Lipinski definition) is 1. The minimum absolute atomic E-state index is 0.0370. The molecule has 0 saturated carbocycles. The molecule has 0 radical (unpaired) electrons. The third-order valence-electron chi connectivity index (χ3n) is 4.77. The molecule has 1 unspecified atom stereocenters. The van der Waals surface area contributed by atoms with Gasteiger partial charge in [0.2, 0.25) is 0 Å². The average Bonchev–Trinajstić information content (AvgIpc) is 2.94. The lowest BCUT2D eigenvalue weighted by Crippen LogP contribution is -2.44. The summed E-state index contributed by atoms with van der Waals surface area (Å²) in [5.74, 6) is 0.0370. The molecule has 5 nitrogen and oxygen atoms in total. The van der Waals surface area contributed by atoms with Gasteiger partial charge in [-0.25, -0.2) is 4.98 Å². The van der Waals surface area contributed by atoms with E-state index < -0.39 is 0 Å². The minimum Gasteiger partial charge on any atom is -0.396 e. The number of aryl methyl sites for hydroxylation is 2. The van der Waals surface area contributed by atoms with Gasteiger partial charge < -0.3 is 10.0 Å². The van der Waals surface area contributed by atoms with E-state index in [0.717, 1.165) is 47.2 Å². The number of imidazole rings is 1. The molecule has 1 saturated heterocycles. The molecule has 0 spiro atoms. The van der Waals surface area contributed by atoms with Gasteiger partial charge in [-0.15, -0.1) is 0 Å². The van der Waals surface area contributed by atoms with Crippen molar-refractivity contribution >= 4 is 27.5 Å². The van der Waals surface area contributed by atoms with Crippen molar-refractivity contribution in [1.82, 2.24) is 14.3 Å². The van der Waals surface area contributed by atoms with Crippen molar-refractivity contribution in [3.8, 4) is 0 Å². The van der Waals surface area contributed by atoms with E-state index in [2.05, 4.69) is 20.9 Å². The Balaban J connectivity index is 2.08. The van der Waals surface area contributed by atoms with Gasteiger partial charge >= 0.3 is 0 Å². The van der Waals surface area contributed by atoms with Crippen molar-refractivity contribution in [2.24, 2.45) is 0 Å². The molecule has 0 bridgehead atoms. The minimum atomic E-state index is 0.0370. The third kappa shape index (κ3) is 3.09. The Morgan fingerprint density at radius 2 is 2.25 bits per heavy atom. The first-order valence-corrected chi connectivity index (χ1v) is 9.45. The highest BCUT2D eigenvalue weighted by molar-refractivity contribution is 9.10. The zero-order valence-corrected chi connectivity index (χ0v) is 15.8. The second kappa shape index (κ2) is 7.23. The largest absolute Gasteiger partial charge is 0.396 e. The summed E-state index contributed by atoms with van der Waals surface area (Å²) in [6.07, 6.45) is 6.44. The van der Waals surface area contributed by atoms with Crippen LogP contribution in [0.25, 0.3) is 5.65 Å². The Morgan fingerprint density at radius 1 is 1.46 bits per heavy atom. The van der Waals surface area contributed by atoms with E-state index in [9.17, 15) is 9.90 Å². The molecule has 2 aromatic heterocycles. The Morgan fingerprint density at radius 3 is 2.96 bits per heavy atom. The fourth-order valence-corrected chi connectivity index (χ4v) is 4.25. The first-order chi connectivity index (χ1) is 11.6. The number of rotatable bonds is 4. The maximum atomic E-state index is 13.3. The van der Waals surface area contributed by atoms with Gasteiger partial charge in [-0.2, -0.15) is 0 Å². The van der Waals surface area contributed by atoms with Crippen LogP contribution in [0.2, 0.25) is 0 Å². The monoisotopic (exact) mass is 393 g/mol. The van der Waals surface area contributed by atoms with Crippen LogP contribution in [0.3, 0.4) is 0 Å². The predicted octanol–water partition coefficient (Wildman–Crippen LogP) is 3.34. The summed E-state index contributed by atoms with van der Waals surface area (Å²) in [4.78, 5) is 20.0.